The van der Waals surface area contributed by atoms with Gasteiger partial charge in [-0.15, -0.1) is 11.3 Å². The maximum Gasteiger partial charge on any atom is 0.185 e. The molecule has 0 amide bonds. The Morgan fingerprint density at radius 3 is 2.62 bits per heavy atom. The summed E-state index contributed by atoms with van der Waals surface area (Å²) in [6.07, 6.45) is 2.17. The van der Waals surface area contributed by atoms with Crippen LogP contribution in [-0.2, 0) is 6.54 Å². The Hall–Kier alpha value is -0.650. The van der Waals surface area contributed by atoms with E-state index in [0.717, 1.165) is 30.2 Å². The molecule has 0 spiro atoms. The van der Waals surface area contributed by atoms with E-state index in [2.05, 4.69) is 10.3 Å². The van der Waals surface area contributed by atoms with Gasteiger partial charge in [0.15, 0.2) is 5.13 Å². The van der Waals surface area contributed by atoms with Crippen LogP contribution in [0.3, 0.4) is 0 Å². The lowest BCUT2D eigenvalue weighted by Gasteiger charge is -2.13. The van der Waals surface area contributed by atoms with Crippen LogP contribution in [0.25, 0.3) is 0 Å². The minimum absolute atomic E-state index is 0.00864. The Morgan fingerprint density at radius 1 is 1.50 bits per heavy atom. The van der Waals surface area contributed by atoms with Crippen molar-refractivity contribution in [2.24, 2.45) is 0 Å². The molecule has 0 aliphatic heterocycles. The molecule has 1 aliphatic carbocycles. The van der Waals surface area contributed by atoms with Crippen molar-refractivity contribution in [3.05, 3.63) is 10.6 Å². The van der Waals surface area contributed by atoms with Gasteiger partial charge in [-0.1, -0.05) is 0 Å². The monoisotopic (exact) mass is 241 g/mol. The molecular weight excluding hydrogens is 222 g/mol. The maximum atomic E-state index is 9.21. The second kappa shape index (κ2) is 4.31. The topological polar surface area (TPSA) is 48.4 Å². The summed E-state index contributed by atoms with van der Waals surface area (Å²) in [6, 6.07) is 0. The number of nitrogens with zero attached hydrogens (tertiary/aromatic N) is 2. The quantitative estimate of drug-likeness (QED) is 0.811. The van der Waals surface area contributed by atoms with E-state index in [1.807, 2.05) is 25.9 Å². The first-order chi connectivity index (χ1) is 7.56. The Bertz CT molecular complexity index is 371. The van der Waals surface area contributed by atoms with E-state index in [1.54, 1.807) is 11.3 Å². The van der Waals surface area contributed by atoms with Crippen LogP contribution in [0.4, 0.5) is 5.13 Å². The van der Waals surface area contributed by atoms with Crippen LogP contribution in [0.15, 0.2) is 0 Å². The van der Waals surface area contributed by atoms with Crippen molar-refractivity contribution in [3.63, 3.8) is 0 Å². The molecule has 0 atom stereocenters. The lowest BCUT2D eigenvalue weighted by molar-refractivity contribution is 0.230. The SMILES string of the molecule is Cc1nc(N(C)C)sc1CNC1(CO)CC1. The molecule has 0 radical (unpaired) electrons. The molecular formula is C11H19N3OS. The predicted octanol–water partition coefficient (Wildman–Crippen LogP) is 1.13. The first-order valence-electron chi connectivity index (χ1n) is 5.56. The summed E-state index contributed by atoms with van der Waals surface area (Å²) in [5.41, 5.74) is 1.10. The van der Waals surface area contributed by atoms with E-state index in [4.69, 9.17) is 0 Å². The Labute approximate surface area is 100 Å². The second-order valence-corrected chi connectivity index (χ2v) is 5.75. The largest absolute Gasteiger partial charge is 0.394 e. The van der Waals surface area contributed by atoms with Gasteiger partial charge in [0.25, 0.3) is 0 Å². The van der Waals surface area contributed by atoms with Crippen LogP contribution in [-0.4, -0.2) is 36.3 Å². The zero-order valence-electron chi connectivity index (χ0n) is 10.1. The molecule has 2 N–H and O–H groups in total. The highest BCUT2D eigenvalue weighted by Gasteiger charge is 2.41. The molecule has 1 fully saturated rings. The minimum atomic E-state index is 0.00864. The smallest absolute Gasteiger partial charge is 0.185 e. The molecule has 90 valence electrons. The number of thiazole rings is 1. The van der Waals surface area contributed by atoms with Gasteiger partial charge < -0.3 is 15.3 Å². The number of aromatic nitrogens is 1. The highest BCUT2D eigenvalue weighted by Crippen LogP contribution is 2.35. The maximum absolute atomic E-state index is 9.21. The number of aliphatic hydroxyl groups excluding tert-OH is 1. The van der Waals surface area contributed by atoms with Gasteiger partial charge >= 0.3 is 0 Å². The molecule has 0 aromatic carbocycles. The molecule has 4 nitrogen and oxygen atoms in total. The standard InChI is InChI=1S/C11H19N3OS/c1-8-9(16-10(13-8)14(2)3)6-12-11(7-15)4-5-11/h12,15H,4-7H2,1-3H3. The van der Waals surface area contributed by atoms with Gasteiger partial charge in [0, 0.05) is 31.1 Å². The average Bonchev–Trinajstić information content (AvgIpc) is 2.94. The fraction of sp³-hybridized carbons (Fsp3) is 0.727. The van der Waals surface area contributed by atoms with Crippen LogP contribution in [0.2, 0.25) is 0 Å². The third kappa shape index (κ3) is 2.36. The second-order valence-electron chi connectivity index (χ2n) is 4.69. The van der Waals surface area contributed by atoms with Gasteiger partial charge in [-0.05, 0) is 19.8 Å². The molecule has 2 rings (SSSR count). The molecule has 0 saturated heterocycles. The zero-order valence-corrected chi connectivity index (χ0v) is 10.9. The predicted molar refractivity (Wildman–Crippen MR) is 67.1 cm³/mol. The molecule has 1 aromatic heterocycles. The number of nitrogens with one attached hydrogen (secondary N) is 1. The third-order valence-electron chi connectivity index (χ3n) is 3.04. The Balaban J connectivity index is 1.99. The molecule has 1 saturated carbocycles. The number of aryl methyl sites for hydroxylation is 1. The van der Waals surface area contributed by atoms with E-state index >= 15 is 0 Å². The van der Waals surface area contributed by atoms with Crippen LogP contribution in [0, 0.1) is 6.92 Å². The van der Waals surface area contributed by atoms with Crippen molar-refractivity contribution in [3.8, 4) is 0 Å². The van der Waals surface area contributed by atoms with Crippen molar-refractivity contribution in [1.82, 2.24) is 10.3 Å². The molecule has 0 bridgehead atoms. The highest BCUT2D eigenvalue weighted by atomic mass is 32.1. The van der Waals surface area contributed by atoms with Crippen molar-refractivity contribution in [1.29, 1.82) is 0 Å². The van der Waals surface area contributed by atoms with Crippen molar-refractivity contribution >= 4 is 16.5 Å². The lowest BCUT2D eigenvalue weighted by Crippen LogP contribution is -2.34. The summed E-state index contributed by atoms with van der Waals surface area (Å²) in [5.74, 6) is 0. The van der Waals surface area contributed by atoms with Crippen molar-refractivity contribution in [2.75, 3.05) is 25.6 Å². The molecule has 5 heteroatoms. The molecule has 1 aromatic rings. The van der Waals surface area contributed by atoms with Gasteiger partial charge in [0.1, 0.15) is 0 Å². The fourth-order valence-corrected chi connectivity index (χ4v) is 2.50. The van der Waals surface area contributed by atoms with Crippen molar-refractivity contribution in [2.45, 2.75) is 31.8 Å². The van der Waals surface area contributed by atoms with Crippen LogP contribution in [0.1, 0.15) is 23.4 Å². The molecule has 1 heterocycles. The van der Waals surface area contributed by atoms with Crippen LogP contribution in [0.5, 0.6) is 0 Å². The van der Waals surface area contributed by atoms with E-state index in [9.17, 15) is 5.11 Å². The Morgan fingerprint density at radius 2 is 2.19 bits per heavy atom. The highest BCUT2D eigenvalue weighted by molar-refractivity contribution is 7.15. The van der Waals surface area contributed by atoms with Gasteiger partial charge in [-0.2, -0.15) is 0 Å². The summed E-state index contributed by atoms with van der Waals surface area (Å²) >= 11 is 1.72. The van der Waals surface area contributed by atoms with Gasteiger partial charge in [-0.25, -0.2) is 4.98 Å². The van der Waals surface area contributed by atoms with Gasteiger partial charge in [-0.3, -0.25) is 0 Å². The Kier molecular flexibility index (Phi) is 3.19. The normalized spacial score (nSPS) is 17.5. The van der Waals surface area contributed by atoms with Crippen LogP contribution < -0.4 is 10.2 Å². The summed E-state index contributed by atoms with van der Waals surface area (Å²) in [7, 11) is 4.01. The number of hydrogen-bond acceptors (Lipinski definition) is 5. The summed E-state index contributed by atoms with van der Waals surface area (Å²) in [4.78, 5) is 7.79. The lowest BCUT2D eigenvalue weighted by atomic mass is 10.3. The van der Waals surface area contributed by atoms with Gasteiger partial charge in [0.2, 0.25) is 0 Å². The van der Waals surface area contributed by atoms with E-state index < -0.39 is 0 Å². The first kappa shape index (κ1) is 11.8. The number of rotatable bonds is 5. The number of anilines is 1. The average molecular weight is 241 g/mol. The zero-order chi connectivity index (χ0) is 11.8. The van der Waals surface area contributed by atoms with Gasteiger partial charge in [0.05, 0.1) is 12.3 Å². The summed E-state index contributed by atoms with van der Waals surface area (Å²) in [6.45, 7) is 3.10. The molecule has 16 heavy (non-hydrogen) atoms. The molecule has 0 unspecified atom stereocenters. The van der Waals surface area contributed by atoms with Crippen LogP contribution >= 0.6 is 11.3 Å². The fourth-order valence-electron chi connectivity index (χ4n) is 1.58. The number of aliphatic hydroxyl groups is 1. The molecule has 1 aliphatic rings. The van der Waals surface area contributed by atoms with E-state index in [0.29, 0.717) is 0 Å². The van der Waals surface area contributed by atoms with Crippen molar-refractivity contribution < 1.29 is 5.11 Å². The first-order valence-corrected chi connectivity index (χ1v) is 6.37. The van der Waals surface area contributed by atoms with E-state index in [1.165, 1.54) is 4.88 Å². The summed E-state index contributed by atoms with van der Waals surface area (Å²) < 4.78 is 0. The number of hydrogen-bond donors (Lipinski definition) is 2. The third-order valence-corrected chi connectivity index (χ3v) is 4.37. The van der Waals surface area contributed by atoms with E-state index in [-0.39, 0.29) is 12.1 Å². The minimum Gasteiger partial charge on any atom is -0.394 e. The summed E-state index contributed by atoms with van der Waals surface area (Å²) in [5, 5.41) is 13.7.